The van der Waals surface area contributed by atoms with Gasteiger partial charge in [0.05, 0.1) is 12.7 Å². The van der Waals surface area contributed by atoms with Crippen LogP contribution in [0.5, 0.6) is 5.88 Å². The molecule has 1 fully saturated rings. The van der Waals surface area contributed by atoms with Crippen molar-refractivity contribution >= 4 is 11.8 Å². The van der Waals surface area contributed by atoms with E-state index in [1.165, 1.54) is 13.3 Å². The van der Waals surface area contributed by atoms with E-state index in [1.807, 2.05) is 12.1 Å². The van der Waals surface area contributed by atoms with Crippen LogP contribution in [0.3, 0.4) is 0 Å². The van der Waals surface area contributed by atoms with Crippen molar-refractivity contribution in [3.05, 3.63) is 54.3 Å². The van der Waals surface area contributed by atoms with Crippen molar-refractivity contribution in [1.82, 2.24) is 30.3 Å². The Morgan fingerprint density at radius 3 is 2.88 bits per heavy atom. The van der Waals surface area contributed by atoms with Gasteiger partial charge in [-0.3, -0.25) is 14.6 Å². The molecule has 0 aromatic carbocycles. The Bertz CT molecular complexity index is 1070. The molecule has 1 aliphatic heterocycles. The number of pyridine rings is 2. The molecule has 2 amide bonds. The van der Waals surface area contributed by atoms with E-state index >= 15 is 0 Å². The van der Waals surface area contributed by atoms with Gasteiger partial charge in [0.15, 0.2) is 0 Å². The van der Waals surface area contributed by atoms with Gasteiger partial charge < -0.3 is 19.5 Å². The zero-order chi connectivity index (χ0) is 23.0. The Morgan fingerprint density at radius 2 is 2.12 bits per heavy atom. The number of nitrogens with one attached hydrogen (secondary N) is 1. The van der Waals surface area contributed by atoms with Gasteiger partial charge in [0.2, 0.25) is 23.5 Å². The molecule has 0 saturated carbocycles. The van der Waals surface area contributed by atoms with Crippen LogP contribution in [0.15, 0.2) is 47.4 Å². The van der Waals surface area contributed by atoms with E-state index in [9.17, 15) is 9.59 Å². The summed E-state index contributed by atoms with van der Waals surface area (Å²) >= 11 is 0. The minimum Gasteiger partial charge on any atom is -0.481 e. The molecule has 10 heteroatoms. The second kappa shape index (κ2) is 10.7. The SMILES string of the molecule is COc1ccc(C(=O)N2CCCC(c3nc(-c4cccnc4)no3)CCNC(=O)CC2)cn1. The van der Waals surface area contributed by atoms with E-state index in [0.29, 0.717) is 49.2 Å². The van der Waals surface area contributed by atoms with E-state index in [1.54, 1.807) is 29.4 Å². The highest BCUT2D eigenvalue weighted by Crippen LogP contribution is 2.26. The molecule has 1 atom stereocenters. The third-order valence-electron chi connectivity index (χ3n) is 5.59. The van der Waals surface area contributed by atoms with Gasteiger partial charge in [0.25, 0.3) is 5.91 Å². The van der Waals surface area contributed by atoms with Crippen LogP contribution in [0.25, 0.3) is 11.4 Å². The number of hydrogen-bond donors (Lipinski definition) is 1. The fourth-order valence-electron chi connectivity index (χ4n) is 3.77. The fraction of sp³-hybridized carbons (Fsp3) is 0.391. The van der Waals surface area contributed by atoms with E-state index in [-0.39, 0.29) is 24.2 Å². The molecule has 0 aliphatic carbocycles. The zero-order valence-electron chi connectivity index (χ0n) is 18.4. The molecule has 3 aromatic rings. The van der Waals surface area contributed by atoms with E-state index < -0.39 is 0 Å². The molecule has 172 valence electrons. The predicted molar refractivity (Wildman–Crippen MR) is 118 cm³/mol. The Kier molecular flexibility index (Phi) is 7.23. The molecule has 33 heavy (non-hydrogen) atoms. The molecule has 1 aliphatic rings. The van der Waals surface area contributed by atoms with Gasteiger partial charge in [0.1, 0.15) is 0 Å². The normalized spacial score (nSPS) is 17.7. The van der Waals surface area contributed by atoms with Gasteiger partial charge in [0, 0.05) is 62.2 Å². The first-order chi connectivity index (χ1) is 16.1. The number of rotatable bonds is 4. The van der Waals surface area contributed by atoms with Gasteiger partial charge >= 0.3 is 0 Å². The van der Waals surface area contributed by atoms with Gasteiger partial charge in [-0.2, -0.15) is 4.98 Å². The van der Waals surface area contributed by atoms with E-state index in [2.05, 4.69) is 25.4 Å². The average molecular weight is 450 g/mol. The molecule has 10 nitrogen and oxygen atoms in total. The maximum absolute atomic E-state index is 13.0. The molecule has 4 rings (SSSR count). The smallest absolute Gasteiger partial charge is 0.255 e. The van der Waals surface area contributed by atoms with E-state index in [0.717, 1.165) is 18.4 Å². The Balaban J connectivity index is 1.46. The van der Waals surface area contributed by atoms with Crippen LogP contribution in [-0.2, 0) is 4.79 Å². The van der Waals surface area contributed by atoms with Crippen molar-refractivity contribution in [1.29, 1.82) is 0 Å². The Labute approximate surface area is 191 Å². The summed E-state index contributed by atoms with van der Waals surface area (Å²) in [7, 11) is 1.52. The molecule has 1 unspecified atom stereocenters. The fourth-order valence-corrected chi connectivity index (χ4v) is 3.77. The van der Waals surface area contributed by atoms with Crippen LogP contribution in [-0.4, -0.2) is 63.6 Å². The molecule has 4 heterocycles. The average Bonchev–Trinajstić information content (AvgIpc) is 3.34. The van der Waals surface area contributed by atoms with Gasteiger partial charge in [-0.25, -0.2) is 4.98 Å². The van der Waals surface area contributed by atoms with Crippen molar-refractivity contribution in [2.24, 2.45) is 0 Å². The summed E-state index contributed by atoms with van der Waals surface area (Å²) < 4.78 is 10.6. The van der Waals surface area contributed by atoms with Crippen molar-refractivity contribution in [3.8, 4) is 17.3 Å². The zero-order valence-corrected chi connectivity index (χ0v) is 18.4. The number of aromatic nitrogens is 4. The van der Waals surface area contributed by atoms with Crippen molar-refractivity contribution in [2.75, 3.05) is 26.7 Å². The largest absolute Gasteiger partial charge is 0.481 e. The van der Waals surface area contributed by atoms with Crippen LogP contribution < -0.4 is 10.1 Å². The summed E-state index contributed by atoms with van der Waals surface area (Å²) in [6, 6.07) is 7.02. The quantitative estimate of drug-likeness (QED) is 0.643. The summed E-state index contributed by atoms with van der Waals surface area (Å²) in [5, 5.41) is 7.02. The van der Waals surface area contributed by atoms with Crippen molar-refractivity contribution in [2.45, 2.75) is 31.6 Å². The number of carbonyl (C=O) groups excluding carboxylic acids is 2. The molecule has 1 saturated heterocycles. The number of amides is 2. The third-order valence-corrected chi connectivity index (χ3v) is 5.59. The maximum Gasteiger partial charge on any atom is 0.255 e. The minimum absolute atomic E-state index is 0.0269. The minimum atomic E-state index is -0.162. The highest BCUT2D eigenvalue weighted by molar-refractivity contribution is 5.94. The molecular formula is C23H26N6O4. The Hall–Kier alpha value is -3.82. The third kappa shape index (κ3) is 5.71. The number of methoxy groups -OCH3 is 1. The lowest BCUT2D eigenvalue weighted by Crippen LogP contribution is -2.35. The van der Waals surface area contributed by atoms with Gasteiger partial charge in [-0.05, 0) is 37.5 Å². The standard InChI is InChI=1S/C23H26N6O4/c1-32-20-7-6-18(15-26-20)23(31)29-12-3-5-16(8-11-25-19(30)9-13-29)22-27-21(28-33-22)17-4-2-10-24-14-17/h2,4,6-7,10,14-16H,3,5,8-9,11-13H2,1H3,(H,25,30). The predicted octanol–water partition coefficient (Wildman–Crippen LogP) is 2.45. The van der Waals surface area contributed by atoms with Crippen LogP contribution in [0.1, 0.15) is 47.8 Å². The van der Waals surface area contributed by atoms with Gasteiger partial charge in [-0.1, -0.05) is 5.16 Å². The van der Waals surface area contributed by atoms with Crippen molar-refractivity contribution < 1.29 is 18.8 Å². The molecule has 0 spiro atoms. The second-order valence-corrected chi connectivity index (χ2v) is 7.81. The van der Waals surface area contributed by atoms with Crippen LogP contribution in [0, 0.1) is 0 Å². The van der Waals surface area contributed by atoms with Crippen LogP contribution in [0.4, 0.5) is 0 Å². The molecule has 1 N–H and O–H groups in total. The number of hydrogen-bond acceptors (Lipinski definition) is 8. The summed E-state index contributed by atoms with van der Waals surface area (Å²) in [4.78, 5) is 39.8. The first-order valence-electron chi connectivity index (χ1n) is 10.9. The maximum atomic E-state index is 13.0. The van der Waals surface area contributed by atoms with Crippen LogP contribution in [0.2, 0.25) is 0 Å². The van der Waals surface area contributed by atoms with E-state index in [4.69, 9.17) is 9.26 Å². The highest BCUT2D eigenvalue weighted by atomic mass is 16.5. The summed E-state index contributed by atoms with van der Waals surface area (Å²) in [6.45, 7) is 1.36. The lowest BCUT2D eigenvalue weighted by atomic mass is 9.99. The summed E-state index contributed by atoms with van der Waals surface area (Å²) in [5.41, 5.74) is 1.24. The van der Waals surface area contributed by atoms with Crippen LogP contribution >= 0.6 is 0 Å². The second-order valence-electron chi connectivity index (χ2n) is 7.81. The van der Waals surface area contributed by atoms with Crippen molar-refractivity contribution in [3.63, 3.8) is 0 Å². The lowest BCUT2D eigenvalue weighted by Gasteiger charge is -2.22. The summed E-state index contributed by atoms with van der Waals surface area (Å²) in [6.07, 6.45) is 7.26. The number of nitrogens with zero attached hydrogens (tertiary/aromatic N) is 5. The summed E-state index contributed by atoms with van der Waals surface area (Å²) in [5.74, 6) is 1.17. The van der Waals surface area contributed by atoms with Gasteiger partial charge in [-0.15, -0.1) is 0 Å². The number of carbonyl (C=O) groups is 2. The topological polar surface area (TPSA) is 123 Å². The lowest BCUT2D eigenvalue weighted by molar-refractivity contribution is -0.121. The Morgan fingerprint density at radius 1 is 1.21 bits per heavy atom. The monoisotopic (exact) mass is 450 g/mol. The molecule has 3 aromatic heterocycles. The highest BCUT2D eigenvalue weighted by Gasteiger charge is 2.23. The number of ether oxygens (including phenoxy) is 1. The molecular weight excluding hydrogens is 424 g/mol. The first kappa shape index (κ1) is 22.4. The molecule has 0 radical (unpaired) electrons. The molecule has 0 bridgehead atoms. The first-order valence-corrected chi connectivity index (χ1v) is 10.9.